The van der Waals surface area contributed by atoms with Crippen LogP contribution in [-0.2, 0) is 6.42 Å². The largest absolute Gasteiger partial charge is 0.313 e. The first-order valence-corrected chi connectivity index (χ1v) is 6.04. The maximum atomic E-state index is 4.56. The lowest BCUT2D eigenvalue weighted by atomic mass is 10.1. The number of nitrogens with zero attached hydrogens (tertiary/aromatic N) is 2. The van der Waals surface area contributed by atoms with Gasteiger partial charge in [-0.15, -0.1) is 0 Å². The highest BCUT2D eigenvalue weighted by molar-refractivity contribution is 5.19. The maximum Gasteiger partial charge on any atom is 0.128 e. The monoisotopic (exact) mass is 221 g/mol. The van der Waals surface area contributed by atoms with Gasteiger partial charge >= 0.3 is 0 Å². The Morgan fingerprint density at radius 3 is 2.50 bits per heavy atom. The van der Waals surface area contributed by atoms with Crippen LogP contribution in [0.5, 0.6) is 0 Å². The van der Waals surface area contributed by atoms with Gasteiger partial charge in [0.15, 0.2) is 0 Å². The van der Waals surface area contributed by atoms with Crippen LogP contribution in [0.1, 0.15) is 50.3 Å². The predicted octanol–water partition coefficient (Wildman–Crippen LogP) is 2.65. The summed E-state index contributed by atoms with van der Waals surface area (Å²) in [6.45, 7) is 8.64. The minimum atomic E-state index is 0.319. The van der Waals surface area contributed by atoms with Crippen LogP contribution in [0.4, 0.5) is 0 Å². The van der Waals surface area contributed by atoms with E-state index in [2.05, 4.69) is 43.0 Å². The number of aryl methyl sites for hydroxylation is 2. The average molecular weight is 221 g/mol. The van der Waals surface area contributed by atoms with Crippen molar-refractivity contribution in [1.29, 1.82) is 0 Å². The zero-order valence-electron chi connectivity index (χ0n) is 11.0. The molecule has 1 N–H and O–H groups in total. The highest BCUT2D eigenvalue weighted by atomic mass is 14.9. The molecular formula is C13H23N3. The second-order valence-electron chi connectivity index (χ2n) is 4.77. The van der Waals surface area contributed by atoms with E-state index >= 15 is 0 Å². The van der Waals surface area contributed by atoms with Crippen LogP contribution in [0.2, 0.25) is 0 Å². The summed E-state index contributed by atoms with van der Waals surface area (Å²) in [7, 11) is 1.96. The van der Waals surface area contributed by atoms with Crippen molar-refractivity contribution in [1.82, 2.24) is 15.3 Å². The Labute approximate surface area is 98.7 Å². The van der Waals surface area contributed by atoms with Gasteiger partial charge in [-0.2, -0.15) is 0 Å². The summed E-state index contributed by atoms with van der Waals surface area (Å²) >= 11 is 0. The van der Waals surface area contributed by atoms with Crippen LogP contribution < -0.4 is 5.32 Å². The van der Waals surface area contributed by atoms with Gasteiger partial charge in [0, 0.05) is 29.9 Å². The number of rotatable bonds is 5. The molecule has 0 saturated carbocycles. The SMILES string of the molecule is CNC(C)c1cnc(CCC(C)C)nc1C. The number of hydrogen-bond acceptors (Lipinski definition) is 3. The van der Waals surface area contributed by atoms with Crippen LogP contribution >= 0.6 is 0 Å². The molecule has 90 valence electrons. The van der Waals surface area contributed by atoms with Gasteiger partial charge in [-0.3, -0.25) is 0 Å². The van der Waals surface area contributed by atoms with Gasteiger partial charge in [0.2, 0.25) is 0 Å². The molecule has 3 nitrogen and oxygen atoms in total. The van der Waals surface area contributed by atoms with Gasteiger partial charge in [-0.05, 0) is 33.2 Å². The molecule has 1 aromatic heterocycles. The summed E-state index contributed by atoms with van der Waals surface area (Å²) < 4.78 is 0. The lowest BCUT2D eigenvalue weighted by Crippen LogP contribution is -2.15. The molecule has 0 aliphatic heterocycles. The van der Waals surface area contributed by atoms with Crippen LogP contribution in [0, 0.1) is 12.8 Å². The summed E-state index contributed by atoms with van der Waals surface area (Å²) in [5, 5.41) is 3.21. The van der Waals surface area contributed by atoms with E-state index in [1.807, 2.05) is 13.2 Å². The van der Waals surface area contributed by atoms with E-state index in [0.29, 0.717) is 12.0 Å². The topological polar surface area (TPSA) is 37.8 Å². The minimum Gasteiger partial charge on any atom is -0.313 e. The molecule has 1 aromatic rings. The van der Waals surface area contributed by atoms with Crippen LogP contribution in [0.3, 0.4) is 0 Å². The third-order valence-corrected chi connectivity index (χ3v) is 2.91. The number of hydrogen-bond donors (Lipinski definition) is 1. The zero-order valence-corrected chi connectivity index (χ0v) is 11.0. The average Bonchev–Trinajstić information content (AvgIpc) is 2.25. The van der Waals surface area contributed by atoms with E-state index in [9.17, 15) is 0 Å². The fourth-order valence-corrected chi connectivity index (χ4v) is 1.64. The molecule has 1 rings (SSSR count). The molecule has 0 bridgehead atoms. The van der Waals surface area contributed by atoms with Crippen molar-refractivity contribution < 1.29 is 0 Å². The Morgan fingerprint density at radius 1 is 1.31 bits per heavy atom. The minimum absolute atomic E-state index is 0.319. The molecule has 3 heteroatoms. The molecule has 0 radical (unpaired) electrons. The number of nitrogens with one attached hydrogen (secondary N) is 1. The lowest BCUT2D eigenvalue weighted by Gasteiger charge is -2.13. The highest BCUT2D eigenvalue weighted by Crippen LogP contribution is 2.15. The van der Waals surface area contributed by atoms with Gasteiger partial charge in [0.1, 0.15) is 5.82 Å². The van der Waals surface area contributed by atoms with E-state index < -0.39 is 0 Å². The molecule has 0 aliphatic carbocycles. The maximum absolute atomic E-state index is 4.56. The Hall–Kier alpha value is -0.960. The standard InChI is InChI=1S/C13H23N3/c1-9(2)6-7-13-15-8-12(10(3)14-5)11(4)16-13/h8-10,14H,6-7H2,1-5H3. The molecule has 0 saturated heterocycles. The predicted molar refractivity (Wildman–Crippen MR) is 67.4 cm³/mol. The highest BCUT2D eigenvalue weighted by Gasteiger charge is 2.09. The quantitative estimate of drug-likeness (QED) is 0.830. The van der Waals surface area contributed by atoms with Crippen LogP contribution in [0.25, 0.3) is 0 Å². The van der Waals surface area contributed by atoms with E-state index in [1.54, 1.807) is 0 Å². The Morgan fingerprint density at radius 2 is 2.00 bits per heavy atom. The molecule has 1 atom stereocenters. The Balaban J connectivity index is 2.74. The summed E-state index contributed by atoms with van der Waals surface area (Å²) in [5.74, 6) is 1.68. The molecule has 1 heterocycles. The van der Waals surface area contributed by atoms with E-state index in [1.165, 1.54) is 5.56 Å². The molecule has 16 heavy (non-hydrogen) atoms. The van der Waals surface area contributed by atoms with Crippen molar-refractivity contribution in [2.45, 2.75) is 46.6 Å². The summed E-state index contributed by atoms with van der Waals surface area (Å²) in [6, 6.07) is 0.319. The van der Waals surface area contributed by atoms with Crippen LogP contribution in [0.15, 0.2) is 6.20 Å². The fourth-order valence-electron chi connectivity index (χ4n) is 1.64. The van der Waals surface area contributed by atoms with Crippen LogP contribution in [-0.4, -0.2) is 17.0 Å². The molecule has 1 unspecified atom stereocenters. The van der Waals surface area contributed by atoms with Gasteiger partial charge < -0.3 is 5.32 Å². The second kappa shape index (κ2) is 5.94. The smallest absolute Gasteiger partial charge is 0.128 e. The molecule has 0 aromatic carbocycles. The van der Waals surface area contributed by atoms with E-state index in [0.717, 1.165) is 24.4 Å². The first-order chi connectivity index (χ1) is 7.54. The Kier molecular flexibility index (Phi) is 4.87. The molecule has 0 amide bonds. The van der Waals surface area contributed by atoms with Crippen molar-refractivity contribution >= 4 is 0 Å². The van der Waals surface area contributed by atoms with Gasteiger partial charge in [-0.1, -0.05) is 13.8 Å². The Bertz CT molecular complexity index is 334. The van der Waals surface area contributed by atoms with Crippen molar-refractivity contribution in [2.24, 2.45) is 5.92 Å². The van der Waals surface area contributed by atoms with Gasteiger partial charge in [0.25, 0.3) is 0 Å². The van der Waals surface area contributed by atoms with Gasteiger partial charge in [0.05, 0.1) is 0 Å². The van der Waals surface area contributed by atoms with Crippen molar-refractivity contribution in [3.63, 3.8) is 0 Å². The first-order valence-electron chi connectivity index (χ1n) is 6.04. The second-order valence-corrected chi connectivity index (χ2v) is 4.77. The first kappa shape index (κ1) is 13.1. The zero-order chi connectivity index (χ0) is 12.1. The van der Waals surface area contributed by atoms with Crippen molar-refractivity contribution in [3.8, 4) is 0 Å². The third-order valence-electron chi connectivity index (χ3n) is 2.91. The normalized spacial score (nSPS) is 13.1. The lowest BCUT2D eigenvalue weighted by molar-refractivity contribution is 0.570. The molecule has 0 aliphatic rings. The molecular weight excluding hydrogens is 198 g/mol. The van der Waals surface area contributed by atoms with Crippen molar-refractivity contribution in [3.05, 3.63) is 23.3 Å². The third kappa shape index (κ3) is 3.56. The summed E-state index contributed by atoms with van der Waals surface area (Å²) in [6.07, 6.45) is 4.09. The molecule has 0 fully saturated rings. The van der Waals surface area contributed by atoms with Crippen molar-refractivity contribution in [2.75, 3.05) is 7.05 Å². The summed E-state index contributed by atoms with van der Waals surface area (Å²) in [4.78, 5) is 8.99. The summed E-state index contributed by atoms with van der Waals surface area (Å²) in [5.41, 5.74) is 2.28. The van der Waals surface area contributed by atoms with E-state index in [-0.39, 0.29) is 0 Å². The van der Waals surface area contributed by atoms with E-state index in [4.69, 9.17) is 0 Å². The number of aromatic nitrogens is 2. The fraction of sp³-hybridized carbons (Fsp3) is 0.692. The molecule has 0 spiro atoms. The van der Waals surface area contributed by atoms with Gasteiger partial charge in [-0.25, -0.2) is 9.97 Å².